The van der Waals surface area contributed by atoms with Crippen LogP contribution in [-0.4, -0.2) is 61.3 Å². The summed E-state index contributed by atoms with van der Waals surface area (Å²) in [6.45, 7) is 1.80. The smallest absolute Gasteiger partial charge is 0.411 e. The SMILES string of the molecule is CNC(O)C(=O)[C@H](C[C@@H]1C[C@@H](C)NC1=O)NC(=O)c1cc(F)c(Cl)cc1NC(=O)OC. The van der Waals surface area contributed by atoms with Crippen LogP contribution in [0.4, 0.5) is 14.9 Å². The van der Waals surface area contributed by atoms with Gasteiger partial charge in [-0.05, 0) is 38.9 Å². The highest BCUT2D eigenvalue weighted by atomic mass is 35.5. The number of benzene rings is 1. The van der Waals surface area contributed by atoms with E-state index in [-0.39, 0.29) is 34.6 Å². The Kier molecular flexibility index (Phi) is 8.31. The van der Waals surface area contributed by atoms with E-state index in [9.17, 15) is 28.7 Å². The van der Waals surface area contributed by atoms with Crippen LogP contribution in [0.25, 0.3) is 0 Å². The second kappa shape index (κ2) is 10.5. The van der Waals surface area contributed by atoms with Crippen molar-refractivity contribution in [2.24, 2.45) is 5.92 Å². The summed E-state index contributed by atoms with van der Waals surface area (Å²) in [4.78, 5) is 49.1. The molecule has 0 spiro atoms. The maximum Gasteiger partial charge on any atom is 0.411 e. The summed E-state index contributed by atoms with van der Waals surface area (Å²) in [5.41, 5.74) is -0.475. The Balaban J connectivity index is 2.32. The molecule has 12 heteroatoms. The Morgan fingerprint density at radius 1 is 1.39 bits per heavy atom. The van der Waals surface area contributed by atoms with Gasteiger partial charge in [0.1, 0.15) is 5.82 Å². The van der Waals surface area contributed by atoms with E-state index < -0.39 is 41.8 Å². The summed E-state index contributed by atoms with van der Waals surface area (Å²) in [6, 6.07) is 0.456. The highest BCUT2D eigenvalue weighted by Gasteiger charge is 2.36. The molecule has 1 saturated heterocycles. The van der Waals surface area contributed by atoms with Crippen LogP contribution in [0, 0.1) is 11.7 Å². The van der Waals surface area contributed by atoms with E-state index in [1.165, 1.54) is 7.05 Å². The van der Waals surface area contributed by atoms with Crippen LogP contribution in [0.2, 0.25) is 5.02 Å². The third-order valence-corrected chi connectivity index (χ3v) is 5.13. The first kappa shape index (κ1) is 24.5. The van der Waals surface area contributed by atoms with Gasteiger partial charge in [-0.25, -0.2) is 9.18 Å². The zero-order valence-corrected chi connectivity index (χ0v) is 17.9. The number of carbonyl (C=O) groups excluding carboxylic acids is 4. The van der Waals surface area contributed by atoms with Crippen molar-refractivity contribution in [2.75, 3.05) is 19.5 Å². The number of ether oxygens (including phenoxy) is 1. The number of aliphatic hydroxyl groups excluding tert-OH is 1. The van der Waals surface area contributed by atoms with Gasteiger partial charge < -0.3 is 20.5 Å². The van der Waals surface area contributed by atoms with Gasteiger partial charge in [-0.2, -0.15) is 0 Å². The van der Waals surface area contributed by atoms with Gasteiger partial charge in [-0.15, -0.1) is 0 Å². The third-order valence-electron chi connectivity index (χ3n) is 4.84. The average Bonchev–Trinajstić information content (AvgIpc) is 3.05. The van der Waals surface area contributed by atoms with E-state index in [0.717, 1.165) is 19.2 Å². The lowest BCUT2D eigenvalue weighted by Gasteiger charge is -2.23. The number of nitrogens with one attached hydrogen (secondary N) is 4. The molecule has 0 aliphatic carbocycles. The van der Waals surface area contributed by atoms with E-state index >= 15 is 0 Å². The molecule has 10 nitrogen and oxygen atoms in total. The molecule has 1 fully saturated rings. The van der Waals surface area contributed by atoms with Crippen molar-refractivity contribution in [1.29, 1.82) is 0 Å². The monoisotopic (exact) mass is 458 g/mol. The van der Waals surface area contributed by atoms with E-state index in [1.807, 2.05) is 0 Å². The number of rotatable bonds is 8. The minimum absolute atomic E-state index is 0.0741. The molecular formula is C19H24ClFN4O6. The van der Waals surface area contributed by atoms with Gasteiger partial charge in [0.25, 0.3) is 5.91 Å². The van der Waals surface area contributed by atoms with Gasteiger partial charge in [-0.1, -0.05) is 11.6 Å². The topological polar surface area (TPSA) is 146 Å². The fourth-order valence-corrected chi connectivity index (χ4v) is 3.42. The van der Waals surface area contributed by atoms with Crippen LogP contribution < -0.4 is 21.3 Å². The largest absolute Gasteiger partial charge is 0.453 e. The molecule has 1 unspecified atom stereocenters. The predicted molar refractivity (Wildman–Crippen MR) is 109 cm³/mol. The molecule has 170 valence electrons. The number of amides is 3. The molecule has 4 atom stereocenters. The van der Waals surface area contributed by atoms with E-state index in [0.29, 0.717) is 6.42 Å². The third kappa shape index (κ3) is 6.12. The quantitative estimate of drug-likeness (QED) is 0.362. The number of carbonyl (C=O) groups is 4. The highest BCUT2D eigenvalue weighted by molar-refractivity contribution is 6.31. The minimum Gasteiger partial charge on any atom is -0.453 e. The normalized spacial score (nSPS) is 19.9. The Bertz CT molecular complexity index is 883. The lowest BCUT2D eigenvalue weighted by molar-refractivity contribution is -0.131. The van der Waals surface area contributed by atoms with Crippen LogP contribution in [-0.2, 0) is 14.3 Å². The molecule has 0 saturated carbocycles. The van der Waals surface area contributed by atoms with E-state index in [4.69, 9.17) is 11.6 Å². The number of hydrogen-bond donors (Lipinski definition) is 5. The minimum atomic E-state index is -1.60. The van der Waals surface area contributed by atoms with E-state index in [1.54, 1.807) is 6.92 Å². The van der Waals surface area contributed by atoms with E-state index in [2.05, 4.69) is 26.0 Å². The molecule has 1 aliphatic rings. The first-order valence-corrected chi connectivity index (χ1v) is 9.79. The lowest BCUT2D eigenvalue weighted by atomic mass is 9.93. The number of Topliss-reactive ketones (excluding diaryl/α,β-unsaturated/α-hetero) is 1. The van der Waals surface area contributed by atoms with Crippen molar-refractivity contribution < 1.29 is 33.4 Å². The number of anilines is 1. The van der Waals surface area contributed by atoms with Crippen molar-refractivity contribution >= 4 is 41.0 Å². The Hall–Kier alpha value is -2.76. The first-order chi connectivity index (χ1) is 14.6. The molecule has 5 N–H and O–H groups in total. The number of likely N-dealkylation sites (N-methyl/N-ethyl adjacent to an activating group) is 1. The molecule has 0 aromatic heterocycles. The van der Waals surface area contributed by atoms with Crippen LogP contribution in [0.3, 0.4) is 0 Å². The fourth-order valence-electron chi connectivity index (χ4n) is 3.26. The Labute approximate surface area is 182 Å². The summed E-state index contributed by atoms with van der Waals surface area (Å²) in [5.74, 6) is -3.47. The molecule has 3 amide bonds. The van der Waals surface area contributed by atoms with Crippen molar-refractivity contribution in [1.82, 2.24) is 16.0 Å². The van der Waals surface area contributed by atoms with Gasteiger partial charge in [0, 0.05) is 12.0 Å². The molecular weight excluding hydrogens is 435 g/mol. The van der Waals surface area contributed by atoms with Crippen molar-refractivity contribution in [2.45, 2.75) is 38.1 Å². The summed E-state index contributed by atoms with van der Waals surface area (Å²) >= 11 is 5.74. The number of hydrogen-bond acceptors (Lipinski definition) is 7. The van der Waals surface area contributed by atoms with Gasteiger partial charge in [0.05, 0.1) is 29.4 Å². The molecule has 1 aliphatic heterocycles. The fraction of sp³-hybridized carbons (Fsp3) is 0.474. The summed E-state index contributed by atoms with van der Waals surface area (Å²) in [6.07, 6.45) is -2.15. The lowest BCUT2D eigenvalue weighted by Crippen LogP contribution is -2.50. The Morgan fingerprint density at radius 3 is 2.61 bits per heavy atom. The zero-order valence-electron chi connectivity index (χ0n) is 17.1. The number of halogens is 2. The van der Waals surface area contributed by atoms with Crippen LogP contribution in [0.15, 0.2) is 12.1 Å². The molecule has 1 aromatic carbocycles. The molecule has 0 bridgehead atoms. The van der Waals surface area contributed by atoms with Gasteiger partial charge in [-0.3, -0.25) is 25.0 Å². The second-order valence-electron chi connectivity index (χ2n) is 7.13. The molecule has 2 rings (SSSR count). The summed E-state index contributed by atoms with van der Waals surface area (Å²) < 4.78 is 18.5. The van der Waals surface area contributed by atoms with Crippen LogP contribution in [0.1, 0.15) is 30.1 Å². The number of aliphatic hydroxyl groups is 1. The molecule has 31 heavy (non-hydrogen) atoms. The van der Waals surface area contributed by atoms with Gasteiger partial charge in [0.2, 0.25) is 5.91 Å². The molecule has 0 radical (unpaired) electrons. The standard InChI is InChI=1S/C19H24ClFN4O6/c1-8-4-9(16(27)23-8)5-14(15(26)18(29)22-2)24-17(28)10-6-12(21)11(20)7-13(10)25-19(30)31-3/h6-9,14,18,22,29H,4-5H2,1-3H3,(H,23,27)(H,24,28)(H,25,30)/t8-,9+,14+,18?/m1/s1. The zero-order chi connectivity index (χ0) is 23.3. The summed E-state index contributed by atoms with van der Waals surface area (Å²) in [5, 5.41) is 19.3. The van der Waals surface area contributed by atoms with Crippen molar-refractivity contribution in [3.05, 3.63) is 28.5 Å². The van der Waals surface area contributed by atoms with Gasteiger partial charge in [0.15, 0.2) is 12.0 Å². The highest BCUT2D eigenvalue weighted by Crippen LogP contribution is 2.26. The Morgan fingerprint density at radius 2 is 2.06 bits per heavy atom. The summed E-state index contributed by atoms with van der Waals surface area (Å²) in [7, 11) is 2.44. The first-order valence-electron chi connectivity index (χ1n) is 9.41. The van der Waals surface area contributed by atoms with Crippen molar-refractivity contribution in [3.63, 3.8) is 0 Å². The van der Waals surface area contributed by atoms with Crippen LogP contribution in [0.5, 0.6) is 0 Å². The van der Waals surface area contributed by atoms with Crippen LogP contribution >= 0.6 is 11.6 Å². The molecule has 1 heterocycles. The maximum atomic E-state index is 14.0. The van der Waals surface area contributed by atoms with Crippen molar-refractivity contribution in [3.8, 4) is 0 Å². The second-order valence-corrected chi connectivity index (χ2v) is 7.53. The number of ketones is 1. The van der Waals surface area contributed by atoms with Gasteiger partial charge >= 0.3 is 6.09 Å². The predicted octanol–water partition coefficient (Wildman–Crippen LogP) is 0.777. The molecule has 1 aromatic rings. The average molecular weight is 459 g/mol. The maximum absolute atomic E-state index is 14.0. The number of methoxy groups -OCH3 is 1.